The molecule has 5 nitrogen and oxygen atoms in total. The van der Waals surface area contributed by atoms with Crippen LogP contribution in [0.5, 0.6) is 0 Å². The number of aromatic nitrogens is 1. The maximum absolute atomic E-state index is 13.8. The molecule has 1 aromatic heterocycles. The Kier molecular flexibility index (Phi) is 4.04. The Morgan fingerprint density at radius 3 is 2.62 bits per heavy atom. The normalized spacial score (nSPS) is 11.3. The van der Waals surface area contributed by atoms with E-state index >= 15 is 0 Å². The molecule has 0 spiro atoms. The van der Waals surface area contributed by atoms with Crippen molar-refractivity contribution < 1.29 is 22.7 Å². The van der Waals surface area contributed by atoms with Gasteiger partial charge in [-0.05, 0) is 36.8 Å². The van der Waals surface area contributed by atoms with Gasteiger partial charge in [0.1, 0.15) is 10.7 Å². The average Bonchev–Trinajstić information content (AvgIpc) is 2.40. The maximum Gasteiger partial charge on any atom is 0.335 e. The van der Waals surface area contributed by atoms with Crippen LogP contribution in [0, 0.1) is 12.7 Å². The summed E-state index contributed by atoms with van der Waals surface area (Å²) in [6, 6.07) is 6.10. The average molecular weight is 309 g/mol. The van der Waals surface area contributed by atoms with Crippen molar-refractivity contribution in [3.63, 3.8) is 0 Å². The van der Waals surface area contributed by atoms with Gasteiger partial charge in [-0.1, -0.05) is 6.07 Å². The predicted octanol–water partition coefficient (Wildman–Crippen LogP) is 2.20. The highest BCUT2D eigenvalue weighted by atomic mass is 32.2. The number of hydrogen-bond acceptors (Lipinski definition) is 4. The van der Waals surface area contributed by atoms with E-state index in [0.29, 0.717) is 17.3 Å². The number of hydrogen-bond donors (Lipinski definition) is 1. The van der Waals surface area contributed by atoms with Crippen molar-refractivity contribution >= 4 is 15.8 Å². The molecule has 0 unspecified atom stereocenters. The van der Waals surface area contributed by atoms with E-state index in [2.05, 4.69) is 4.98 Å². The molecule has 0 atom stereocenters. The summed E-state index contributed by atoms with van der Waals surface area (Å²) in [5.41, 5.74) is 0.711. The summed E-state index contributed by atoms with van der Waals surface area (Å²) < 4.78 is 38.3. The molecule has 0 fully saturated rings. The van der Waals surface area contributed by atoms with Crippen molar-refractivity contribution in [3.8, 4) is 0 Å². The molecular weight excluding hydrogens is 297 g/mol. The number of pyridine rings is 1. The van der Waals surface area contributed by atoms with Crippen molar-refractivity contribution in [2.24, 2.45) is 0 Å². The molecule has 0 saturated heterocycles. The second-order valence-corrected chi connectivity index (χ2v) is 6.43. The summed E-state index contributed by atoms with van der Waals surface area (Å²) in [7, 11) is -3.94. The summed E-state index contributed by atoms with van der Waals surface area (Å²) in [4.78, 5) is 14.2. The van der Waals surface area contributed by atoms with Crippen molar-refractivity contribution in [3.05, 3.63) is 59.2 Å². The first-order chi connectivity index (χ1) is 9.81. The first kappa shape index (κ1) is 15.1. The topological polar surface area (TPSA) is 84.3 Å². The van der Waals surface area contributed by atoms with Crippen LogP contribution >= 0.6 is 0 Å². The molecule has 0 aliphatic heterocycles. The second-order valence-electron chi connectivity index (χ2n) is 4.48. The number of carboxylic acid groups (broad SMARTS) is 1. The monoisotopic (exact) mass is 309 g/mol. The number of aromatic carboxylic acids is 1. The van der Waals surface area contributed by atoms with Crippen molar-refractivity contribution in [2.45, 2.75) is 17.6 Å². The largest absolute Gasteiger partial charge is 0.478 e. The SMILES string of the molecule is Cc1cccnc1CS(=O)(=O)c1ccc(C(=O)O)cc1F. The third kappa shape index (κ3) is 3.25. The standard InChI is InChI=1S/C14H12FNO4S/c1-9-3-2-6-16-12(9)8-21(19,20)13-5-4-10(14(17)18)7-11(13)15/h2-7H,8H2,1H3,(H,17,18). The molecule has 110 valence electrons. The quantitative estimate of drug-likeness (QED) is 0.936. The van der Waals surface area contributed by atoms with E-state index in [1.807, 2.05) is 0 Å². The molecule has 0 aliphatic carbocycles. The summed E-state index contributed by atoms with van der Waals surface area (Å²) in [5, 5.41) is 8.75. The van der Waals surface area contributed by atoms with Crippen LogP contribution < -0.4 is 0 Å². The minimum absolute atomic E-state index is 0.305. The Balaban J connectivity index is 2.41. The number of benzene rings is 1. The molecule has 7 heteroatoms. The van der Waals surface area contributed by atoms with Crippen molar-refractivity contribution in [1.29, 1.82) is 0 Å². The molecule has 0 radical (unpaired) electrons. The lowest BCUT2D eigenvalue weighted by molar-refractivity contribution is 0.0696. The van der Waals surface area contributed by atoms with Crippen LogP contribution in [0.4, 0.5) is 4.39 Å². The van der Waals surface area contributed by atoms with Gasteiger partial charge in [-0.3, -0.25) is 4.98 Å². The minimum atomic E-state index is -3.94. The summed E-state index contributed by atoms with van der Waals surface area (Å²) in [5.74, 6) is -2.84. The summed E-state index contributed by atoms with van der Waals surface area (Å²) >= 11 is 0. The Morgan fingerprint density at radius 1 is 1.33 bits per heavy atom. The molecule has 2 aromatic rings. The van der Waals surface area contributed by atoms with E-state index in [1.54, 1.807) is 19.1 Å². The molecule has 1 aromatic carbocycles. The first-order valence-corrected chi connectivity index (χ1v) is 7.62. The molecule has 0 aliphatic rings. The lowest BCUT2D eigenvalue weighted by Gasteiger charge is -2.08. The zero-order chi connectivity index (χ0) is 15.6. The van der Waals surface area contributed by atoms with Gasteiger partial charge in [-0.15, -0.1) is 0 Å². The number of carboxylic acids is 1. The molecule has 2 rings (SSSR count). The van der Waals surface area contributed by atoms with E-state index in [4.69, 9.17) is 5.11 Å². The van der Waals surface area contributed by atoms with Gasteiger partial charge in [0.05, 0.1) is 17.0 Å². The number of rotatable bonds is 4. The van der Waals surface area contributed by atoms with Crippen LogP contribution in [-0.4, -0.2) is 24.5 Å². The van der Waals surface area contributed by atoms with Crippen LogP contribution in [0.25, 0.3) is 0 Å². The first-order valence-electron chi connectivity index (χ1n) is 5.97. The Hall–Kier alpha value is -2.28. The molecular formula is C14H12FNO4S. The van der Waals surface area contributed by atoms with E-state index in [1.165, 1.54) is 6.20 Å². The fraction of sp³-hybridized carbons (Fsp3) is 0.143. The molecule has 0 bridgehead atoms. The van der Waals surface area contributed by atoms with Gasteiger partial charge < -0.3 is 5.11 Å². The van der Waals surface area contributed by atoms with E-state index in [9.17, 15) is 17.6 Å². The molecule has 1 N–H and O–H groups in total. The Morgan fingerprint density at radius 2 is 2.05 bits per heavy atom. The van der Waals surface area contributed by atoms with Gasteiger partial charge in [0.25, 0.3) is 0 Å². The molecule has 1 heterocycles. The Labute approximate surface area is 121 Å². The van der Waals surface area contributed by atoms with E-state index in [0.717, 1.165) is 12.1 Å². The van der Waals surface area contributed by atoms with Gasteiger partial charge in [0.15, 0.2) is 9.84 Å². The third-order valence-electron chi connectivity index (χ3n) is 2.96. The van der Waals surface area contributed by atoms with Crippen LogP contribution in [0.15, 0.2) is 41.4 Å². The number of aryl methyl sites for hydroxylation is 1. The lowest BCUT2D eigenvalue weighted by atomic mass is 10.2. The van der Waals surface area contributed by atoms with Crippen LogP contribution in [-0.2, 0) is 15.6 Å². The van der Waals surface area contributed by atoms with E-state index in [-0.39, 0.29) is 5.56 Å². The van der Waals surface area contributed by atoms with Gasteiger partial charge in [-0.2, -0.15) is 0 Å². The van der Waals surface area contributed by atoms with Crippen molar-refractivity contribution in [1.82, 2.24) is 4.98 Å². The zero-order valence-corrected chi connectivity index (χ0v) is 11.9. The fourth-order valence-electron chi connectivity index (χ4n) is 1.81. The predicted molar refractivity (Wildman–Crippen MR) is 73.2 cm³/mol. The second kappa shape index (κ2) is 5.61. The van der Waals surface area contributed by atoms with Gasteiger partial charge in [-0.25, -0.2) is 17.6 Å². The molecule has 0 amide bonds. The van der Waals surface area contributed by atoms with Gasteiger partial charge in [0.2, 0.25) is 0 Å². The highest BCUT2D eigenvalue weighted by molar-refractivity contribution is 7.90. The van der Waals surface area contributed by atoms with Crippen LogP contribution in [0.1, 0.15) is 21.6 Å². The lowest BCUT2D eigenvalue weighted by Crippen LogP contribution is -2.10. The smallest absolute Gasteiger partial charge is 0.335 e. The summed E-state index contributed by atoms with van der Waals surface area (Å²) in [6.45, 7) is 1.71. The number of nitrogens with zero attached hydrogens (tertiary/aromatic N) is 1. The van der Waals surface area contributed by atoms with Gasteiger partial charge >= 0.3 is 5.97 Å². The van der Waals surface area contributed by atoms with Crippen LogP contribution in [0.3, 0.4) is 0 Å². The molecule has 0 saturated carbocycles. The minimum Gasteiger partial charge on any atom is -0.478 e. The van der Waals surface area contributed by atoms with Crippen LogP contribution in [0.2, 0.25) is 0 Å². The van der Waals surface area contributed by atoms with Crippen molar-refractivity contribution in [2.75, 3.05) is 0 Å². The maximum atomic E-state index is 13.8. The highest BCUT2D eigenvalue weighted by Gasteiger charge is 2.22. The Bertz CT molecular complexity index is 802. The number of halogens is 1. The molecule has 21 heavy (non-hydrogen) atoms. The van der Waals surface area contributed by atoms with Gasteiger partial charge in [0, 0.05) is 6.20 Å². The third-order valence-corrected chi connectivity index (χ3v) is 4.61. The zero-order valence-electron chi connectivity index (χ0n) is 11.1. The number of carbonyl (C=O) groups is 1. The number of sulfone groups is 1. The fourth-order valence-corrected chi connectivity index (χ4v) is 3.26. The summed E-state index contributed by atoms with van der Waals surface area (Å²) in [6.07, 6.45) is 1.46. The van der Waals surface area contributed by atoms with E-state index < -0.39 is 32.3 Å². The highest BCUT2D eigenvalue weighted by Crippen LogP contribution is 2.21.